The maximum Gasteiger partial charge on any atom is 0.388 e. The highest BCUT2D eigenvalue weighted by Gasteiger charge is 2.41. The first-order valence-electron chi connectivity index (χ1n) is 11.3. The van der Waals surface area contributed by atoms with Gasteiger partial charge in [0.2, 0.25) is 0 Å². The molecule has 3 aliphatic heterocycles. The van der Waals surface area contributed by atoms with Crippen LogP contribution in [0, 0.1) is 0 Å². The van der Waals surface area contributed by atoms with Crippen LogP contribution < -0.4 is 9.73 Å². The Kier molecular flexibility index (Phi) is 5.23. The van der Waals surface area contributed by atoms with Gasteiger partial charge in [-0.1, -0.05) is 6.42 Å². The molecule has 5 rings (SSSR count). The number of hydrogen-bond donors (Lipinski definition) is 2. The molecule has 1 aromatic rings. The van der Waals surface area contributed by atoms with Crippen LogP contribution >= 0.6 is 0 Å². The number of benzene rings is 1. The van der Waals surface area contributed by atoms with Gasteiger partial charge in [-0.3, -0.25) is 9.69 Å². The zero-order valence-corrected chi connectivity index (χ0v) is 17.3. The number of likely N-dealkylation sites (tertiary alicyclic amines) is 1. The summed E-state index contributed by atoms with van der Waals surface area (Å²) < 4.78 is 6.43. The number of nitrogens with one attached hydrogen (secondary N) is 1. The Morgan fingerprint density at radius 1 is 1.03 bits per heavy atom. The summed E-state index contributed by atoms with van der Waals surface area (Å²) in [4.78, 5) is 31.1. The van der Waals surface area contributed by atoms with Gasteiger partial charge in [-0.25, -0.2) is 4.79 Å². The third-order valence-corrected chi connectivity index (χ3v) is 7.08. The molecule has 1 saturated carbocycles. The summed E-state index contributed by atoms with van der Waals surface area (Å²) in [6.45, 7) is 2.78. The van der Waals surface area contributed by atoms with E-state index in [-0.39, 0.29) is 23.8 Å². The number of nitrogens with zero attached hydrogens (tertiary/aromatic N) is 2. The largest absolute Gasteiger partial charge is 0.489 e. The molecule has 7 nitrogen and oxygen atoms in total. The van der Waals surface area contributed by atoms with Crippen molar-refractivity contribution in [2.45, 2.75) is 76.1 Å². The number of ether oxygens (including phenoxy) is 1. The van der Waals surface area contributed by atoms with E-state index in [1.165, 1.54) is 45.2 Å². The molecule has 0 bridgehead atoms. The molecule has 7 heteroatoms. The number of carbonyl (C=O) groups is 2. The quantitative estimate of drug-likeness (QED) is 0.775. The smallest absolute Gasteiger partial charge is 0.388 e. The monoisotopic (exact) mass is 412 g/mol. The van der Waals surface area contributed by atoms with E-state index in [0.29, 0.717) is 31.0 Å². The van der Waals surface area contributed by atoms with Gasteiger partial charge in [-0.15, -0.1) is 4.99 Å². The molecule has 3 heterocycles. The fourth-order valence-corrected chi connectivity index (χ4v) is 5.53. The lowest BCUT2D eigenvalue weighted by molar-refractivity contribution is -0.394. The lowest BCUT2D eigenvalue weighted by Crippen LogP contribution is -2.82. The molecule has 2 amide bonds. The number of carbonyl (C=O) groups excluding carboxylic acids is 2. The Morgan fingerprint density at radius 3 is 2.67 bits per heavy atom. The molecule has 0 spiro atoms. The molecule has 0 aromatic heterocycles. The molecule has 160 valence electrons. The van der Waals surface area contributed by atoms with Gasteiger partial charge >= 0.3 is 11.8 Å². The second-order valence-electron chi connectivity index (χ2n) is 8.99. The van der Waals surface area contributed by atoms with Crippen LogP contribution in [0.5, 0.6) is 5.75 Å². The van der Waals surface area contributed by atoms with Crippen LogP contribution in [0.4, 0.5) is 0 Å². The Bertz CT molecular complexity index is 877. The molecule has 1 saturated heterocycles. The number of aliphatic hydroxyl groups is 1. The number of fused-ring (bicyclic) bond motifs is 1. The van der Waals surface area contributed by atoms with E-state index in [4.69, 9.17) is 4.74 Å². The summed E-state index contributed by atoms with van der Waals surface area (Å²) in [7, 11) is 0. The average molecular weight is 413 g/mol. The van der Waals surface area contributed by atoms with E-state index in [1.807, 2.05) is 18.2 Å². The summed E-state index contributed by atoms with van der Waals surface area (Å²) in [6, 6.07) is 5.75. The zero-order chi connectivity index (χ0) is 20.7. The van der Waals surface area contributed by atoms with Crippen molar-refractivity contribution in [3.8, 4) is 5.75 Å². The number of hydrogen-bond acceptors (Lipinski definition) is 4. The summed E-state index contributed by atoms with van der Waals surface area (Å²) >= 11 is 0. The topological polar surface area (TPSA) is 84.0 Å². The van der Waals surface area contributed by atoms with Gasteiger partial charge in [0.1, 0.15) is 11.9 Å². The predicted molar refractivity (Wildman–Crippen MR) is 110 cm³/mol. The van der Waals surface area contributed by atoms with Crippen LogP contribution in [0.25, 0.3) is 0 Å². The van der Waals surface area contributed by atoms with Crippen molar-refractivity contribution in [3.05, 3.63) is 29.3 Å². The van der Waals surface area contributed by atoms with Gasteiger partial charge in [0.15, 0.2) is 6.04 Å². The molecule has 30 heavy (non-hydrogen) atoms. The number of piperidine rings is 1. The molecule has 3 atom stereocenters. The molecule has 2 N–H and O–H groups in total. The second kappa shape index (κ2) is 8.02. The Morgan fingerprint density at radius 2 is 1.87 bits per heavy atom. The van der Waals surface area contributed by atoms with Gasteiger partial charge in [-0.05, 0) is 75.4 Å². The minimum Gasteiger partial charge on any atom is -0.489 e. The van der Waals surface area contributed by atoms with E-state index in [9.17, 15) is 14.7 Å². The van der Waals surface area contributed by atoms with Crippen LogP contribution in [0.3, 0.4) is 0 Å². The number of aliphatic hydroxyl groups excluding tert-OH is 1. The van der Waals surface area contributed by atoms with Crippen molar-refractivity contribution in [1.29, 1.82) is 0 Å². The summed E-state index contributed by atoms with van der Waals surface area (Å²) in [5.41, 5.74) is 1.58. The minimum absolute atomic E-state index is 0.101. The first-order valence-corrected chi connectivity index (χ1v) is 11.3. The fraction of sp³-hybridized carbons (Fsp3) is 0.609. The SMILES string of the molecule is O=C1CCC(N2Cc3cc(O[C@@H]4CCC[C@@H]4N4CCCCC4)ccc3C2=O)C(O)=[NH+]1. The van der Waals surface area contributed by atoms with Gasteiger partial charge < -0.3 is 14.7 Å². The van der Waals surface area contributed by atoms with E-state index >= 15 is 0 Å². The van der Waals surface area contributed by atoms with E-state index in [1.54, 1.807) is 4.90 Å². The number of amides is 2. The van der Waals surface area contributed by atoms with Crippen molar-refractivity contribution in [3.63, 3.8) is 0 Å². The van der Waals surface area contributed by atoms with E-state index < -0.39 is 6.04 Å². The molecule has 0 radical (unpaired) electrons. The molecule has 1 unspecified atom stereocenters. The van der Waals surface area contributed by atoms with Crippen LogP contribution in [-0.4, -0.2) is 63.9 Å². The third-order valence-electron chi connectivity index (χ3n) is 7.08. The minimum atomic E-state index is -0.467. The standard InChI is InChI=1S/C23H29N3O4/c27-21-10-9-19(22(28)24-21)26-14-15-13-16(7-8-17(15)23(26)29)30-20-6-4-5-18(20)25-11-2-1-3-12-25/h7-8,13,18-20H,1-6,9-12,14H2,(H,24,27,28)/p+1/t18-,19?,20+/m0/s1. The van der Waals surface area contributed by atoms with Gasteiger partial charge in [0, 0.05) is 18.2 Å². The first kappa shape index (κ1) is 19.5. The maximum absolute atomic E-state index is 12.9. The van der Waals surface area contributed by atoms with Crippen molar-refractivity contribution in [2.75, 3.05) is 13.1 Å². The Balaban J connectivity index is 1.30. The van der Waals surface area contributed by atoms with E-state index in [0.717, 1.165) is 17.7 Å². The van der Waals surface area contributed by atoms with Gasteiger partial charge in [0.25, 0.3) is 5.91 Å². The summed E-state index contributed by atoms with van der Waals surface area (Å²) in [6.07, 6.45) is 8.34. The van der Waals surface area contributed by atoms with Crippen LogP contribution in [0.1, 0.15) is 67.3 Å². The molecule has 1 aromatic carbocycles. The highest BCUT2D eigenvalue weighted by Crippen LogP contribution is 2.33. The average Bonchev–Trinajstić information content (AvgIpc) is 3.33. The summed E-state index contributed by atoms with van der Waals surface area (Å²) in [5.74, 6) is 0.390. The predicted octanol–water partition coefficient (Wildman–Crippen LogP) is 1.15. The first-order chi connectivity index (χ1) is 14.6. The second-order valence-corrected chi connectivity index (χ2v) is 8.99. The lowest BCUT2D eigenvalue weighted by atomic mass is 10.1. The molecule has 2 fully saturated rings. The fourth-order valence-electron chi connectivity index (χ4n) is 5.53. The molecular formula is C23H30N3O4+. The van der Waals surface area contributed by atoms with Crippen LogP contribution in [-0.2, 0) is 11.3 Å². The normalized spacial score (nSPS) is 29.8. The van der Waals surface area contributed by atoms with Crippen molar-refractivity contribution >= 4 is 17.7 Å². The lowest BCUT2D eigenvalue weighted by Gasteiger charge is -2.35. The highest BCUT2D eigenvalue weighted by molar-refractivity contribution is 6.01. The Hall–Kier alpha value is -2.41. The molecule has 4 aliphatic rings. The van der Waals surface area contributed by atoms with Gasteiger partial charge in [0.05, 0.1) is 6.42 Å². The van der Waals surface area contributed by atoms with Crippen molar-refractivity contribution in [2.24, 2.45) is 0 Å². The zero-order valence-electron chi connectivity index (χ0n) is 17.3. The molecular weight excluding hydrogens is 382 g/mol. The Labute approximate surface area is 176 Å². The van der Waals surface area contributed by atoms with Crippen molar-refractivity contribution in [1.82, 2.24) is 9.80 Å². The van der Waals surface area contributed by atoms with Gasteiger partial charge in [-0.2, -0.15) is 0 Å². The number of rotatable bonds is 4. The van der Waals surface area contributed by atoms with Crippen LogP contribution in [0.15, 0.2) is 18.2 Å². The van der Waals surface area contributed by atoms with E-state index in [2.05, 4.69) is 9.89 Å². The third kappa shape index (κ3) is 3.60. The van der Waals surface area contributed by atoms with Crippen molar-refractivity contribution < 1.29 is 24.4 Å². The highest BCUT2D eigenvalue weighted by atomic mass is 16.5. The molecule has 1 aliphatic carbocycles. The van der Waals surface area contributed by atoms with Crippen LogP contribution in [0.2, 0.25) is 0 Å². The summed E-state index contributed by atoms with van der Waals surface area (Å²) in [5, 5.41) is 10.2. The maximum atomic E-state index is 12.9.